The molecule has 0 saturated heterocycles. The molecule has 0 fully saturated rings. The molecule has 2 N–H and O–H groups in total. The molecule has 1 heterocycles. The SMILES string of the molecule is O=C(CSc1n[nH]c(-c2ccccc2Cl)n1)NCc1ccc(F)cc1. The maximum absolute atomic E-state index is 12.8. The number of carbonyl (C=O) groups is 1. The van der Waals surface area contributed by atoms with E-state index in [0.29, 0.717) is 22.5 Å². The average molecular weight is 377 g/mol. The summed E-state index contributed by atoms with van der Waals surface area (Å²) >= 11 is 7.34. The summed E-state index contributed by atoms with van der Waals surface area (Å²) in [7, 11) is 0. The van der Waals surface area contributed by atoms with Gasteiger partial charge in [0.2, 0.25) is 11.1 Å². The summed E-state index contributed by atoms with van der Waals surface area (Å²) in [5, 5.41) is 10.7. The molecule has 1 aromatic heterocycles. The smallest absolute Gasteiger partial charge is 0.230 e. The number of rotatable bonds is 6. The molecule has 0 saturated carbocycles. The molecular weight excluding hydrogens is 363 g/mol. The van der Waals surface area contributed by atoms with E-state index in [0.717, 1.165) is 11.1 Å². The van der Waals surface area contributed by atoms with Gasteiger partial charge in [0.25, 0.3) is 0 Å². The van der Waals surface area contributed by atoms with Crippen LogP contribution in [0.1, 0.15) is 5.56 Å². The van der Waals surface area contributed by atoms with E-state index in [4.69, 9.17) is 11.6 Å². The Kier molecular flexibility index (Phi) is 5.67. The first kappa shape index (κ1) is 17.4. The maximum atomic E-state index is 12.8. The number of hydrogen-bond acceptors (Lipinski definition) is 4. The number of aromatic amines is 1. The minimum atomic E-state index is -0.301. The zero-order chi connectivity index (χ0) is 17.6. The van der Waals surface area contributed by atoms with Crippen molar-refractivity contribution < 1.29 is 9.18 Å². The van der Waals surface area contributed by atoms with Gasteiger partial charge < -0.3 is 5.32 Å². The predicted molar refractivity (Wildman–Crippen MR) is 95.8 cm³/mol. The number of hydrogen-bond donors (Lipinski definition) is 2. The van der Waals surface area contributed by atoms with E-state index in [1.807, 2.05) is 18.2 Å². The lowest BCUT2D eigenvalue weighted by molar-refractivity contribution is -0.118. The first-order valence-electron chi connectivity index (χ1n) is 7.43. The number of nitrogens with zero attached hydrogens (tertiary/aromatic N) is 2. The molecule has 2 aromatic carbocycles. The molecule has 0 radical (unpaired) electrons. The van der Waals surface area contributed by atoms with Crippen LogP contribution in [-0.4, -0.2) is 26.8 Å². The van der Waals surface area contributed by atoms with Gasteiger partial charge in [-0.05, 0) is 29.8 Å². The monoisotopic (exact) mass is 376 g/mol. The Labute approximate surface area is 153 Å². The highest BCUT2D eigenvalue weighted by Crippen LogP contribution is 2.25. The fourth-order valence-corrected chi connectivity index (χ4v) is 2.92. The summed E-state index contributed by atoms with van der Waals surface area (Å²) in [6, 6.07) is 13.3. The van der Waals surface area contributed by atoms with Crippen LogP contribution in [0.3, 0.4) is 0 Å². The van der Waals surface area contributed by atoms with Gasteiger partial charge in [-0.2, -0.15) is 0 Å². The largest absolute Gasteiger partial charge is 0.351 e. The number of thioether (sulfide) groups is 1. The van der Waals surface area contributed by atoms with Crippen LogP contribution in [0.5, 0.6) is 0 Å². The summed E-state index contributed by atoms with van der Waals surface area (Å²) in [6.07, 6.45) is 0. The summed E-state index contributed by atoms with van der Waals surface area (Å²) < 4.78 is 12.8. The Morgan fingerprint density at radius 3 is 2.72 bits per heavy atom. The number of aromatic nitrogens is 3. The summed E-state index contributed by atoms with van der Waals surface area (Å²) in [5.41, 5.74) is 1.59. The number of H-pyrrole nitrogens is 1. The second kappa shape index (κ2) is 8.13. The molecule has 3 rings (SSSR count). The van der Waals surface area contributed by atoms with Crippen molar-refractivity contribution in [3.8, 4) is 11.4 Å². The molecule has 0 aliphatic carbocycles. The van der Waals surface area contributed by atoms with Gasteiger partial charge >= 0.3 is 0 Å². The third-order valence-electron chi connectivity index (χ3n) is 3.33. The van der Waals surface area contributed by atoms with Crippen molar-refractivity contribution in [3.05, 3.63) is 64.9 Å². The maximum Gasteiger partial charge on any atom is 0.230 e. The van der Waals surface area contributed by atoms with Crippen molar-refractivity contribution >= 4 is 29.3 Å². The number of amides is 1. The Bertz CT molecular complexity index is 869. The second-order valence-electron chi connectivity index (χ2n) is 5.14. The minimum Gasteiger partial charge on any atom is -0.351 e. The third kappa shape index (κ3) is 4.80. The quantitative estimate of drug-likeness (QED) is 0.644. The van der Waals surface area contributed by atoms with Crippen LogP contribution < -0.4 is 5.32 Å². The molecule has 0 spiro atoms. The third-order valence-corrected chi connectivity index (χ3v) is 4.51. The Morgan fingerprint density at radius 1 is 1.20 bits per heavy atom. The fourth-order valence-electron chi connectivity index (χ4n) is 2.07. The van der Waals surface area contributed by atoms with E-state index in [1.165, 1.54) is 23.9 Å². The van der Waals surface area contributed by atoms with Crippen LogP contribution in [0.25, 0.3) is 11.4 Å². The predicted octanol–water partition coefficient (Wildman–Crippen LogP) is 3.67. The summed E-state index contributed by atoms with van der Waals surface area (Å²) in [4.78, 5) is 16.2. The van der Waals surface area contributed by atoms with Gasteiger partial charge in [-0.25, -0.2) is 9.37 Å². The lowest BCUT2D eigenvalue weighted by atomic mass is 10.2. The van der Waals surface area contributed by atoms with Crippen LogP contribution in [0.4, 0.5) is 4.39 Å². The molecule has 0 atom stereocenters. The molecule has 8 heteroatoms. The highest BCUT2D eigenvalue weighted by molar-refractivity contribution is 7.99. The van der Waals surface area contributed by atoms with Gasteiger partial charge in [0.1, 0.15) is 5.82 Å². The molecule has 3 aromatic rings. The molecule has 0 bridgehead atoms. The molecule has 0 unspecified atom stereocenters. The first-order valence-corrected chi connectivity index (χ1v) is 8.79. The van der Waals surface area contributed by atoms with Crippen molar-refractivity contribution in [3.63, 3.8) is 0 Å². The molecule has 0 aliphatic heterocycles. The molecule has 1 amide bonds. The Morgan fingerprint density at radius 2 is 1.96 bits per heavy atom. The van der Waals surface area contributed by atoms with Crippen molar-refractivity contribution in [2.24, 2.45) is 0 Å². The van der Waals surface area contributed by atoms with E-state index in [1.54, 1.807) is 18.2 Å². The van der Waals surface area contributed by atoms with E-state index >= 15 is 0 Å². The molecule has 0 aliphatic rings. The van der Waals surface area contributed by atoms with Crippen LogP contribution >= 0.6 is 23.4 Å². The number of benzene rings is 2. The van der Waals surface area contributed by atoms with Crippen LogP contribution in [-0.2, 0) is 11.3 Å². The molecule has 5 nitrogen and oxygen atoms in total. The van der Waals surface area contributed by atoms with Gasteiger partial charge in [0.15, 0.2) is 5.82 Å². The highest BCUT2D eigenvalue weighted by Gasteiger charge is 2.11. The van der Waals surface area contributed by atoms with Gasteiger partial charge in [-0.15, -0.1) is 5.10 Å². The lowest BCUT2D eigenvalue weighted by Gasteiger charge is -2.04. The molecular formula is C17H14ClFN4OS. The summed E-state index contributed by atoms with van der Waals surface area (Å²) in [5.74, 6) is 0.281. The zero-order valence-electron chi connectivity index (χ0n) is 13.0. The van der Waals surface area contributed by atoms with Gasteiger partial charge in [0.05, 0.1) is 10.8 Å². The van der Waals surface area contributed by atoms with E-state index < -0.39 is 0 Å². The Balaban J connectivity index is 1.51. The fraction of sp³-hybridized carbons (Fsp3) is 0.118. The zero-order valence-corrected chi connectivity index (χ0v) is 14.6. The lowest BCUT2D eigenvalue weighted by Crippen LogP contribution is -2.24. The van der Waals surface area contributed by atoms with E-state index in [2.05, 4.69) is 20.5 Å². The minimum absolute atomic E-state index is 0.154. The normalized spacial score (nSPS) is 10.6. The van der Waals surface area contributed by atoms with E-state index in [-0.39, 0.29) is 17.5 Å². The van der Waals surface area contributed by atoms with Crippen LogP contribution in [0.2, 0.25) is 5.02 Å². The number of carbonyl (C=O) groups excluding carboxylic acids is 1. The number of nitrogens with one attached hydrogen (secondary N) is 2. The first-order chi connectivity index (χ1) is 12.1. The van der Waals surface area contributed by atoms with Crippen molar-refractivity contribution in [2.75, 3.05) is 5.75 Å². The second-order valence-corrected chi connectivity index (χ2v) is 6.49. The van der Waals surface area contributed by atoms with Crippen molar-refractivity contribution in [1.82, 2.24) is 20.5 Å². The topological polar surface area (TPSA) is 70.7 Å². The van der Waals surface area contributed by atoms with Crippen LogP contribution in [0, 0.1) is 5.82 Å². The van der Waals surface area contributed by atoms with Crippen molar-refractivity contribution in [1.29, 1.82) is 0 Å². The highest BCUT2D eigenvalue weighted by atomic mass is 35.5. The van der Waals surface area contributed by atoms with Gasteiger partial charge in [-0.1, -0.05) is 47.6 Å². The van der Waals surface area contributed by atoms with Gasteiger partial charge in [0, 0.05) is 12.1 Å². The average Bonchev–Trinajstić information content (AvgIpc) is 3.08. The standard InChI is InChI=1S/C17H14ClFN4OS/c18-14-4-2-1-3-13(14)16-21-17(23-22-16)25-10-15(24)20-9-11-5-7-12(19)8-6-11/h1-8H,9-10H2,(H,20,24)(H,21,22,23). The van der Waals surface area contributed by atoms with Gasteiger partial charge in [-0.3, -0.25) is 9.89 Å². The molecule has 128 valence electrons. The molecule has 25 heavy (non-hydrogen) atoms. The number of halogens is 2. The Hall–Kier alpha value is -2.38. The van der Waals surface area contributed by atoms with Crippen molar-refractivity contribution in [2.45, 2.75) is 11.7 Å². The van der Waals surface area contributed by atoms with E-state index in [9.17, 15) is 9.18 Å². The summed E-state index contributed by atoms with van der Waals surface area (Å²) in [6.45, 7) is 0.346. The van der Waals surface area contributed by atoms with Crippen LogP contribution in [0.15, 0.2) is 53.7 Å².